The van der Waals surface area contributed by atoms with E-state index in [2.05, 4.69) is 10.3 Å². The summed E-state index contributed by atoms with van der Waals surface area (Å²) in [5, 5.41) is 31.3. The van der Waals surface area contributed by atoms with Crippen LogP contribution in [0.3, 0.4) is 0 Å². The molecule has 26 heavy (non-hydrogen) atoms. The van der Waals surface area contributed by atoms with Crippen molar-refractivity contribution in [1.82, 2.24) is 15.2 Å². The number of carbonyl (C=O) groups excluding carboxylic acids is 2. The first kappa shape index (κ1) is 25.6. The van der Waals surface area contributed by atoms with Crippen LogP contribution in [0, 0.1) is 10.1 Å². The van der Waals surface area contributed by atoms with E-state index in [9.17, 15) is 10.1 Å². The van der Waals surface area contributed by atoms with E-state index in [1.165, 1.54) is 0 Å². The van der Waals surface area contributed by atoms with Gasteiger partial charge in [0.1, 0.15) is 0 Å². The molecule has 0 amide bonds. The summed E-state index contributed by atoms with van der Waals surface area (Å²) < 4.78 is 0. The number of carboxylic acid groups (broad SMARTS) is 2. The number of nitrogens with zero attached hydrogens (tertiary/aromatic N) is 3. The van der Waals surface area contributed by atoms with Gasteiger partial charge < -0.3 is 30.0 Å². The number of nitrogens with one attached hydrogen (secondary N) is 1. The average Bonchev–Trinajstić information content (AvgIpc) is 2.49. The van der Waals surface area contributed by atoms with Gasteiger partial charge in [-0.1, -0.05) is 0 Å². The topological polar surface area (TPSA) is 152 Å². The monoisotopic (exact) mass is 415 g/mol. The molecule has 1 N–H and O–H groups in total. The van der Waals surface area contributed by atoms with E-state index in [1.807, 2.05) is 17.0 Å². The van der Waals surface area contributed by atoms with Gasteiger partial charge in [-0.15, -0.1) is 0 Å². The maximum atomic E-state index is 10.5. The van der Waals surface area contributed by atoms with Gasteiger partial charge in [0.2, 0.25) is 0 Å². The van der Waals surface area contributed by atoms with Crippen LogP contribution in [0.4, 0.5) is 0 Å². The molecule has 11 heteroatoms. The predicted octanol–water partition coefficient (Wildman–Crippen LogP) is -1.54. The molecule has 0 unspecified atom stereocenters. The van der Waals surface area contributed by atoms with Crippen LogP contribution in [-0.4, -0.2) is 39.8 Å². The molecule has 0 bridgehead atoms. The Balaban J connectivity index is 0. The third-order valence-electron chi connectivity index (χ3n) is 2.60. The largest absolute Gasteiger partial charge is 2.00 e. The van der Waals surface area contributed by atoms with Crippen LogP contribution in [-0.2, 0) is 33.2 Å². The van der Waals surface area contributed by atoms with E-state index >= 15 is 0 Å². The predicted molar refractivity (Wildman–Crippen MR) is 83.7 cm³/mol. The molecule has 1 aromatic heterocycles. The van der Waals surface area contributed by atoms with Gasteiger partial charge >= 0.3 is 17.1 Å². The van der Waals surface area contributed by atoms with Crippen LogP contribution in [0.25, 0.3) is 0 Å². The molecule has 1 aromatic rings. The molecule has 10 nitrogen and oxygen atoms in total. The number of aliphatic carboxylic acids is 2. The fourth-order valence-corrected chi connectivity index (χ4v) is 1.82. The Kier molecular flexibility index (Phi) is 14.4. The number of carboxylic acids is 2. The quantitative estimate of drug-likeness (QED) is 0.351. The Hall–Kier alpha value is -2.65. The first-order valence-electron chi connectivity index (χ1n) is 7.30. The Morgan fingerprint density at radius 2 is 1.77 bits per heavy atom. The van der Waals surface area contributed by atoms with Crippen LogP contribution in [0.2, 0.25) is 0 Å². The third-order valence-corrected chi connectivity index (χ3v) is 2.60. The summed E-state index contributed by atoms with van der Waals surface area (Å²) in [6, 6.07) is 3.83. The number of pyridine rings is 1. The molecule has 1 aliphatic heterocycles. The number of carbonyl (C=O) groups is 2. The average molecular weight is 416 g/mol. The molecule has 1 radical (unpaired) electrons. The summed E-state index contributed by atoms with van der Waals surface area (Å²) >= 11 is 0. The number of hydrogen-bond donors (Lipinski definition) is 1. The molecule has 0 spiro atoms. The van der Waals surface area contributed by atoms with Crippen molar-refractivity contribution < 1.29 is 41.8 Å². The number of aromatic nitrogens is 1. The van der Waals surface area contributed by atoms with E-state index < -0.39 is 16.9 Å². The smallest absolute Gasteiger partial charge is 0.550 e. The second-order valence-electron chi connectivity index (χ2n) is 4.84. The van der Waals surface area contributed by atoms with Gasteiger partial charge in [-0.2, -0.15) is 0 Å². The number of hydrogen-bond acceptors (Lipinski definition) is 9. The fraction of sp³-hybridized carbons (Fsp3) is 0.400. The van der Waals surface area contributed by atoms with Gasteiger partial charge in [-0.3, -0.25) is 15.1 Å². The summed E-state index contributed by atoms with van der Waals surface area (Å²) in [5.74, 6) is -1.59. The van der Waals surface area contributed by atoms with Gasteiger partial charge in [0.25, 0.3) is 6.20 Å². The zero-order valence-corrected chi connectivity index (χ0v) is 15.2. The Labute approximate surface area is 161 Å². The van der Waals surface area contributed by atoms with Crippen molar-refractivity contribution in [1.29, 1.82) is 0 Å². The molecule has 0 saturated carbocycles. The number of rotatable bonds is 3. The number of nitro groups is 1. The van der Waals surface area contributed by atoms with Gasteiger partial charge in [0, 0.05) is 44.0 Å². The van der Waals surface area contributed by atoms with Crippen molar-refractivity contribution in [3.8, 4) is 0 Å². The van der Waals surface area contributed by atoms with Crippen molar-refractivity contribution in [2.75, 3.05) is 13.1 Å². The summed E-state index contributed by atoms with van der Waals surface area (Å²) in [7, 11) is 0. The van der Waals surface area contributed by atoms with Crippen LogP contribution >= 0.6 is 0 Å². The van der Waals surface area contributed by atoms with Crippen molar-refractivity contribution in [3.63, 3.8) is 0 Å². The molecule has 2 heterocycles. The van der Waals surface area contributed by atoms with Crippen molar-refractivity contribution >= 4 is 11.9 Å². The summed E-state index contributed by atoms with van der Waals surface area (Å²) in [6.45, 7) is 4.22. The minimum absolute atomic E-state index is 0. The van der Waals surface area contributed by atoms with Crippen molar-refractivity contribution in [2.24, 2.45) is 0 Å². The second kappa shape index (κ2) is 14.7. The van der Waals surface area contributed by atoms with Crippen LogP contribution in [0.15, 0.2) is 36.5 Å². The molecule has 1 aliphatic rings. The van der Waals surface area contributed by atoms with Crippen LogP contribution in [0.5, 0.6) is 0 Å². The molecule has 0 aromatic carbocycles. The van der Waals surface area contributed by atoms with Gasteiger partial charge in [0.15, 0.2) is 5.82 Å². The first-order chi connectivity index (χ1) is 11.7. The van der Waals surface area contributed by atoms with E-state index in [1.54, 1.807) is 12.4 Å². The Morgan fingerprint density at radius 1 is 1.27 bits per heavy atom. The van der Waals surface area contributed by atoms with Crippen LogP contribution < -0.4 is 15.5 Å². The normalized spacial score (nSPS) is 13.6. The van der Waals surface area contributed by atoms with E-state index in [0.717, 1.165) is 45.1 Å². The molecular weight excluding hydrogens is 396 g/mol. The zero-order valence-electron chi connectivity index (χ0n) is 14.3. The Morgan fingerprint density at radius 3 is 2.23 bits per heavy atom. The summed E-state index contributed by atoms with van der Waals surface area (Å²) in [6.07, 6.45) is 5.47. The zero-order chi connectivity index (χ0) is 19.2. The van der Waals surface area contributed by atoms with E-state index in [4.69, 9.17) is 19.8 Å². The molecule has 1 fully saturated rings. The standard InChI is InChI=1S/C11H14N4O2.2C2H4O2.Cu/c16-15(17)9-11-13-4-1-7-14(11)8-10-2-5-12-6-3-10;2*1-2(3)4;/h2-3,5-6,9,13H,1,4,7-8H2;2*1H3,(H,3,4);/q;;;+2/p-2. The molecule has 1 saturated heterocycles. The SMILES string of the molecule is CC(=O)[O-].CC(=O)[O-].O=[N+]([O-])C=C1NCCCN1Cc1ccncc1.[Cu+2]. The minimum atomic E-state index is -1.08. The van der Waals surface area contributed by atoms with Crippen molar-refractivity contribution in [2.45, 2.75) is 26.8 Å². The summed E-state index contributed by atoms with van der Waals surface area (Å²) in [5.41, 5.74) is 1.10. The maximum absolute atomic E-state index is 10.5. The molecule has 2 rings (SSSR count). The first-order valence-corrected chi connectivity index (χ1v) is 7.30. The maximum Gasteiger partial charge on any atom is 2.00 e. The van der Waals surface area contributed by atoms with Gasteiger partial charge in [0.05, 0.1) is 4.92 Å². The van der Waals surface area contributed by atoms with Gasteiger partial charge in [-0.05, 0) is 38.0 Å². The van der Waals surface area contributed by atoms with E-state index in [-0.39, 0.29) is 17.1 Å². The molecule has 0 aliphatic carbocycles. The molecular formula is C15H20CuN4O6. The van der Waals surface area contributed by atoms with Crippen molar-refractivity contribution in [3.05, 3.63) is 52.2 Å². The molecule has 0 atom stereocenters. The minimum Gasteiger partial charge on any atom is -0.550 e. The van der Waals surface area contributed by atoms with Gasteiger partial charge in [-0.25, -0.2) is 0 Å². The molecule has 147 valence electrons. The second-order valence-corrected chi connectivity index (χ2v) is 4.84. The van der Waals surface area contributed by atoms with Crippen LogP contribution in [0.1, 0.15) is 25.8 Å². The third kappa shape index (κ3) is 14.9. The van der Waals surface area contributed by atoms with E-state index in [0.29, 0.717) is 12.4 Å². The summed E-state index contributed by atoms with van der Waals surface area (Å²) in [4.78, 5) is 33.8. The Bertz CT molecular complexity index is 577. The fourth-order valence-electron chi connectivity index (χ4n) is 1.82.